The van der Waals surface area contributed by atoms with Gasteiger partial charge in [0, 0.05) is 32.4 Å². The fraction of sp³-hybridized carbons (Fsp3) is 0.333. The third-order valence-corrected chi connectivity index (χ3v) is 3.72. The Morgan fingerprint density at radius 2 is 1.61 bits per heavy atom. The minimum atomic E-state index is -4.48. The van der Waals surface area contributed by atoms with Crippen LogP contribution >= 0.6 is 0 Å². The van der Waals surface area contributed by atoms with E-state index in [2.05, 4.69) is 9.97 Å². The molecule has 1 fully saturated rings. The number of para-hydroxylation sites is 2. The SMILES string of the molecule is Oc1ccccc1N1CCN(c2nccc(C(F)(F)F)n2)CC1. The van der Waals surface area contributed by atoms with Crippen LogP contribution in [-0.2, 0) is 6.18 Å². The Labute approximate surface area is 131 Å². The minimum absolute atomic E-state index is 0.0803. The lowest BCUT2D eigenvalue weighted by molar-refractivity contribution is -0.141. The van der Waals surface area contributed by atoms with Gasteiger partial charge in [-0.3, -0.25) is 0 Å². The number of anilines is 2. The highest BCUT2D eigenvalue weighted by Gasteiger charge is 2.33. The predicted molar refractivity (Wildman–Crippen MR) is 79.6 cm³/mol. The zero-order valence-electron chi connectivity index (χ0n) is 12.2. The van der Waals surface area contributed by atoms with E-state index in [0.717, 1.165) is 18.0 Å². The van der Waals surface area contributed by atoms with Gasteiger partial charge in [-0.1, -0.05) is 12.1 Å². The van der Waals surface area contributed by atoms with Crippen molar-refractivity contribution in [1.82, 2.24) is 9.97 Å². The molecule has 5 nitrogen and oxygen atoms in total. The molecule has 3 rings (SSSR count). The van der Waals surface area contributed by atoms with Crippen molar-refractivity contribution >= 4 is 11.6 Å². The van der Waals surface area contributed by atoms with Crippen LogP contribution in [0.4, 0.5) is 24.8 Å². The van der Waals surface area contributed by atoms with Crippen LogP contribution in [0.1, 0.15) is 5.69 Å². The van der Waals surface area contributed by atoms with Crippen molar-refractivity contribution in [3.63, 3.8) is 0 Å². The van der Waals surface area contributed by atoms with Crippen LogP contribution < -0.4 is 9.80 Å². The Morgan fingerprint density at radius 3 is 2.26 bits per heavy atom. The second-order valence-electron chi connectivity index (χ2n) is 5.20. The van der Waals surface area contributed by atoms with Gasteiger partial charge in [0.2, 0.25) is 5.95 Å². The van der Waals surface area contributed by atoms with E-state index in [-0.39, 0.29) is 11.7 Å². The third kappa shape index (κ3) is 3.30. The molecule has 1 N–H and O–H groups in total. The van der Waals surface area contributed by atoms with Crippen molar-refractivity contribution in [2.75, 3.05) is 36.0 Å². The fourth-order valence-corrected chi connectivity index (χ4v) is 2.54. The first-order valence-corrected chi connectivity index (χ1v) is 7.13. The zero-order chi connectivity index (χ0) is 16.4. The highest BCUT2D eigenvalue weighted by atomic mass is 19.4. The van der Waals surface area contributed by atoms with Crippen LogP contribution in [0.5, 0.6) is 5.75 Å². The molecule has 2 aromatic rings. The molecule has 1 aliphatic rings. The molecule has 8 heteroatoms. The molecule has 0 unspecified atom stereocenters. The molecule has 1 aromatic carbocycles. The molecule has 1 aromatic heterocycles. The second-order valence-corrected chi connectivity index (χ2v) is 5.20. The average Bonchev–Trinajstić information content (AvgIpc) is 2.55. The van der Waals surface area contributed by atoms with Crippen LogP contribution in [0.2, 0.25) is 0 Å². The molecule has 0 atom stereocenters. The van der Waals surface area contributed by atoms with Gasteiger partial charge in [-0.15, -0.1) is 0 Å². The summed E-state index contributed by atoms with van der Waals surface area (Å²) in [6.45, 7) is 2.10. The Balaban J connectivity index is 1.71. The highest BCUT2D eigenvalue weighted by molar-refractivity contribution is 5.58. The maximum Gasteiger partial charge on any atom is 0.433 e. The summed E-state index contributed by atoms with van der Waals surface area (Å²) in [5.74, 6) is 0.271. The maximum atomic E-state index is 12.7. The van der Waals surface area contributed by atoms with Crippen molar-refractivity contribution in [1.29, 1.82) is 0 Å². The van der Waals surface area contributed by atoms with E-state index in [0.29, 0.717) is 26.2 Å². The van der Waals surface area contributed by atoms with E-state index in [9.17, 15) is 18.3 Å². The number of phenols is 1. The van der Waals surface area contributed by atoms with Crippen LogP contribution in [0.25, 0.3) is 0 Å². The van der Waals surface area contributed by atoms with Crippen molar-refractivity contribution in [3.8, 4) is 5.75 Å². The largest absolute Gasteiger partial charge is 0.506 e. The first kappa shape index (κ1) is 15.4. The second kappa shape index (κ2) is 5.94. The van der Waals surface area contributed by atoms with E-state index in [1.807, 2.05) is 17.0 Å². The van der Waals surface area contributed by atoms with Crippen molar-refractivity contribution in [2.45, 2.75) is 6.18 Å². The summed E-state index contributed by atoms with van der Waals surface area (Å²) in [4.78, 5) is 11.2. The Morgan fingerprint density at radius 1 is 0.957 bits per heavy atom. The summed E-state index contributed by atoms with van der Waals surface area (Å²) in [7, 11) is 0. The summed E-state index contributed by atoms with van der Waals surface area (Å²) in [5, 5.41) is 9.87. The summed E-state index contributed by atoms with van der Waals surface area (Å²) in [5.41, 5.74) is -0.220. The van der Waals surface area contributed by atoms with E-state index < -0.39 is 11.9 Å². The molecule has 23 heavy (non-hydrogen) atoms. The van der Waals surface area contributed by atoms with Crippen molar-refractivity contribution < 1.29 is 18.3 Å². The van der Waals surface area contributed by atoms with Gasteiger partial charge in [0.05, 0.1) is 5.69 Å². The molecule has 2 heterocycles. The molecular weight excluding hydrogens is 309 g/mol. The smallest absolute Gasteiger partial charge is 0.433 e. The fourth-order valence-electron chi connectivity index (χ4n) is 2.54. The van der Waals surface area contributed by atoms with Gasteiger partial charge in [0.1, 0.15) is 11.4 Å². The van der Waals surface area contributed by atoms with Crippen molar-refractivity contribution in [3.05, 3.63) is 42.2 Å². The molecule has 0 aliphatic carbocycles. The zero-order valence-corrected chi connectivity index (χ0v) is 12.2. The van der Waals surface area contributed by atoms with Gasteiger partial charge < -0.3 is 14.9 Å². The van der Waals surface area contributed by atoms with Crippen LogP contribution in [0.15, 0.2) is 36.5 Å². The van der Waals surface area contributed by atoms with Crippen LogP contribution in [0, 0.1) is 0 Å². The summed E-state index contributed by atoms with van der Waals surface area (Å²) >= 11 is 0. The summed E-state index contributed by atoms with van der Waals surface area (Å²) < 4.78 is 38.2. The van der Waals surface area contributed by atoms with Gasteiger partial charge >= 0.3 is 6.18 Å². The van der Waals surface area contributed by atoms with Gasteiger partial charge in [0.25, 0.3) is 0 Å². The standard InChI is InChI=1S/C15H15F3N4O/c16-15(17,18)13-5-6-19-14(20-13)22-9-7-21(8-10-22)11-3-1-2-4-12(11)23/h1-6,23H,7-10H2. The molecule has 0 amide bonds. The number of rotatable bonds is 2. The summed E-state index contributed by atoms with van der Waals surface area (Å²) in [6.07, 6.45) is -3.35. The molecule has 1 aliphatic heterocycles. The van der Waals surface area contributed by atoms with Gasteiger partial charge in [-0.25, -0.2) is 9.97 Å². The maximum absolute atomic E-state index is 12.7. The number of aromatic nitrogens is 2. The molecule has 0 bridgehead atoms. The van der Waals surface area contributed by atoms with E-state index in [4.69, 9.17) is 0 Å². The topological polar surface area (TPSA) is 52.5 Å². The minimum Gasteiger partial charge on any atom is -0.506 e. The number of alkyl halides is 3. The number of hydrogen-bond donors (Lipinski definition) is 1. The summed E-state index contributed by atoms with van der Waals surface area (Å²) in [6, 6.07) is 7.86. The molecular formula is C15H15F3N4O. The molecule has 1 saturated heterocycles. The van der Waals surface area contributed by atoms with E-state index >= 15 is 0 Å². The number of piperazine rings is 1. The van der Waals surface area contributed by atoms with Gasteiger partial charge in [-0.2, -0.15) is 13.2 Å². The molecule has 0 saturated carbocycles. The highest BCUT2D eigenvalue weighted by Crippen LogP contribution is 2.30. The normalized spacial score (nSPS) is 15.8. The van der Waals surface area contributed by atoms with Gasteiger partial charge in [0.15, 0.2) is 0 Å². The van der Waals surface area contributed by atoms with E-state index in [1.165, 1.54) is 0 Å². The first-order chi connectivity index (χ1) is 10.9. The lowest BCUT2D eigenvalue weighted by atomic mass is 10.2. The third-order valence-electron chi connectivity index (χ3n) is 3.72. The Kier molecular flexibility index (Phi) is 3.97. The number of halogens is 3. The quantitative estimate of drug-likeness (QED) is 0.920. The van der Waals surface area contributed by atoms with E-state index in [1.54, 1.807) is 17.0 Å². The van der Waals surface area contributed by atoms with Crippen molar-refractivity contribution in [2.24, 2.45) is 0 Å². The number of benzene rings is 1. The number of phenolic OH excluding ortho intramolecular Hbond substituents is 1. The van der Waals surface area contributed by atoms with Gasteiger partial charge in [-0.05, 0) is 18.2 Å². The Bertz CT molecular complexity index is 684. The predicted octanol–water partition coefficient (Wildman–Crippen LogP) is 2.53. The Hall–Kier alpha value is -2.51. The molecule has 0 radical (unpaired) electrons. The van der Waals surface area contributed by atoms with Crippen LogP contribution in [0.3, 0.4) is 0 Å². The molecule has 122 valence electrons. The lowest BCUT2D eigenvalue weighted by Gasteiger charge is -2.36. The molecule has 0 spiro atoms. The van der Waals surface area contributed by atoms with Crippen LogP contribution in [-0.4, -0.2) is 41.3 Å². The lowest BCUT2D eigenvalue weighted by Crippen LogP contribution is -2.47. The average molecular weight is 324 g/mol. The number of hydrogen-bond acceptors (Lipinski definition) is 5. The number of aromatic hydroxyl groups is 1. The monoisotopic (exact) mass is 324 g/mol. The first-order valence-electron chi connectivity index (χ1n) is 7.13. The number of nitrogens with zero attached hydrogens (tertiary/aromatic N) is 4.